The summed E-state index contributed by atoms with van der Waals surface area (Å²) in [6.07, 6.45) is 0. The minimum Gasteiger partial charge on any atom is -0.463 e. The van der Waals surface area contributed by atoms with Gasteiger partial charge in [0, 0.05) is 15.9 Å². The van der Waals surface area contributed by atoms with E-state index in [0.717, 1.165) is 26.7 Å². The van der Waals surface area contributed by atoms with Gasteiger partial charge in [-0.05, 0) is 37.5 Å². The van der Waals surface area contributed by atoms with E-state index in [-0.39, 0.29) is 12.0 Å². The molecular formula is C18H23BrN2O2S. The SMILES string of the molecule is CCOC(=O)C1=C(C)NC(SCC(C)C)=N[C@H]1c1cccc(Br)c1. The Morgan fingerprint density at radius 1 is 1.46 bits per heavy atom. The van der Waals surface area contributed by atoms with E-state index >= 15 is 0 Å². The highest BCUT2D eigenvalue weighted by Gasteiger charge is 2.30. The van der Waals surface area contributed by atoms with Crippen molar-refractivity contribution >= 4 is 38.8 Å². The highest BCUT2D eigenvalue weighted by atomic mass is 79.9. The van der Waals surface area contributed by atoms with Crippen LogP contribution in [0, 0.1) is 5.92 Å². The smallest absolute Gasteiger partial charge is 0.338 e. The van der Waals surface area contributed by atoms with Crippen molar-refractivity contribution in [2.24, 2.45) is 10.9 Å². The number of hydrogen-bond acceptors (Lipinski definition) is 5. The van der Waals surface area contributed by atoms with Gasteiger partial charge >= 0.3 is 5.97 Å². The summed E-state index contributed by atoms with van der Waals surface area (Å²) in [5, 5.41) is 4.10. The fourth-order valence-electron chi connectivity index (χ4n) is 2.36. The Morgan fingerprint density at radius 2 is 2.21 bits per heavy atom. The number of benzene rings is 1. The maximum Gasteiger partial charge on any atom is 0.338 e. The molecule has 130 valence electrons. The third-order valence-corrected chi connectivity index (χ3v) is 5.24. The van der Waals surface area contributed by atoms with E-state index in [2.05, 4.69) is 35.1 Å². The number of carbonyl (C=O) groups is 1. The number of rotatable bonds is 5. The van der Waals surface area contributed by atoms with Crippen molar-refractivity contribution in [2.75, 3.05) is 12.4 Å². The highest BCUT2D eigenvalue weighted by Crippen LogP contribution is 2.34. The number of carbonyl (C=O) groups excluding carboxylic acids is 1. The normalized spacial score (nSPS) is 17.6. The summed E-state index contributed by atoms with van der Waals surface area (Å²) in [5.74, 6) is 1.22. The summed E-state index contributed by atoms with van der Waals surface area (Å²) >= 11 is 5.17. The molecule has 0 fully saturated rings. The van der Waals surface area contributed by atoms with E-state index in [9.17, 15) is 4.79 Å². The zero-order valence-electron chi connectivity index (χ0n) is 14.4. The lowest BCUT2D eigenvalue weighted by Crippen LogP contribution is -2.31. The molecule has 1 N–H and O–H groups in total. The summed E-state index contributed by atoms with van der Waals surface area (Å²) in [7, 11) is 0. The number of nitrogens with zero attached hydrogens (tertiary/aromatic N) is 1. The average molecular weight is 411 g/mol. The molecule has 0 amide bonds. The van der Waals surface area contributed by atoms with Crippen LogP contribution in [0.3, 0.4) is 0 Å². The largest absolute Gasteiger partial charge is 0.463 e. The minimum absolute atomic E-state index is 0.316. The van der Waals surface area contributed by atoms with Gasteiger partial charge in [-0.2, -0.15) is 0 Å². The molecule has 6 heteroatoms. The van der Waals surface area contributed by atoms with Gasteiger partial charge in [-0.1, -0.05) is 53.7 Å². The number of thioether (sulfide) groups is 1. The highest BCUT2D eigenvalue weighted by molar-refractivity contribution is 9.10. The quantitative estimate of drug-likeness (QED) is 0.716. The van der Waals surface area contributed by atoms with Crippen LogP contribution in [0.1, 0.15) is 39.3 Å². The lowest BCUT2D eigenvalue weighted by atomic mass is 9.97. The predicted molar refractivity (Wildman–Crippen MR) is 104 cm³/mol. The summed E-state index contributed by atoms with van der Waals surface area (Å²) < 4.78 is 6.21. The van der Waals surface area contributed by atoms with Crippen LogP contribution in [0.4, 0.5) is 0 Å². The number of halogens is 1. The van der Waals surface area contributed by atoms with E-state index in [1.54, 1.807) is 11.8 Å². The van der Waals surface area contributed by atoms with Crippen LogP contribution in [0.25, 0.3) is 0 Å². The van der Waals surface area contributed by atoms with Gasteiger partial charge in [0.15, 0.2) is 5.17 Å². The predicted octanol–water partition coefficient (Wildman–Crippen LogP) is 4.68. The van der Waals surface area contributed by atoms with E-state index in [0.29, 0.717) is 18.1 Å². The summed E-state index contributed by atoms with van der Waals surface area (Å²) in [6, 6.07) is 7.55. The molecule has 0 saturated carbocycles. The Balaban J connectivity index is 2.39. The second kappa shape index (κ2) is 8.72. The fraction of sp³-hybridized carbons (Fsp3) is 0.444. The number of aliphatic imine (C=N–C) groups is 1. The van der Waals surface area contributed by atoms with Crippen LogP contribution < -0.4 is 5.32 Å². The van der Waals surface area contributed by atoms with Crippen molar-refractivity contribution in [3.8, 4) is 0 Å². The molecule has 0 saturated heterocycles. The van der Waals surface area contributed by atoms with Crippen molar-refractivity contribution < 1.29 is 9.53 Å². The molecule has 1 aromatic rings. The molecule has 1 heterocycles. The molecule has 0 bridgehead atoms. The second-order valence-electron chi connectivity index (χ2n) is 5.98. The van der Waals surface area contributed by atoms with Crippen LogP contribution >= 0.6 is 27.7 Å². The number of nitrogens with one attached hydrogen (secondary N) is 1. The zero-order valence-corrected chi connectivity index (χ0v) is 16.8. The Hall–Kier alpha value is -1.27. The third-order valence-electron chi connectivity index (χ3n) is 3.43. The standard InChI is InChI=1S/C18H23BrN2O2S/c1-5-23-17(22)15-12(4)20-18(24-10-11(2)3)21-16(15)13-7-6-8-14(19)9-13/h6-9,11,16H,5,10H2,1-4H3,(H,20,21)/t16-/m0/s1. The number of allylic oxidation sites excluding steroid dienone is 1. The average Bonchev–Trinajstić information content (AvgIpc) is 2.52. The second-order valence-corrected chi connectivity index (χ2v) is 7.91. The molecule has 0 aromatic heterocycles. The Morgan fingerprint density at radius 3 is 2.83 bits per heavy atom. The molecule has 0 aliphatic carbocycles. The van der Waals surface area contributed by atoms with Gasteiger partial charge in [0.1, 0.15) is 6.04 Å². The van der Waals surface area contributed by atoms with Crippen molar-refractivity contribution in [2.45, 2.75) is 33.7 Å². The van der Waals surface area contributed by atoms with Gasteiger partial charge < -0.3 is 10.1 Å². The van der Waals surface area contributed by atoms with Crippen molar-refractivity contribution in [1.29, 1.82) is 0 Å². The first-order valence-corrected chi connectivity index (χ1v) is 9.81. The molecule has 1 aliphatic heterocycles. The number of esters is 1. The fourth-order valence-corrected chi connectivity index (χ4v) is 3.67. The van der Waals surface area contributed by atoms with E-state index in [4.69, 9.17) is 9.73 Å². The molecule has 1 aromatic carbocycles. The maximum absolute atomic E-state index is 12.4. The van der Waals surface area contributed by atoms with Crippen LogP contribution in [0.15, 0.2) is 45.0 Å². The lowest BCUT2D eigenvalue weighted by molar-refractivity contribution is -0.138. The van der Waals surface area contributed by atoms with E-state index < -0.39 is 0 Å². The van der Waals surface area contributed by atoms with Gasteiger partial charge in [-0.25, -0.2) is 9.79 Å². The topological polar surface area (TPSA) is 50.7 Å². The summed E-state index contributed by atoms with van der Waals surface area (Å²) in [6.45, 7) is 8.41. The van der Waals surface area contributed by atoms with Crippen LogP contribution in [0.5, 0.6) is 0 Å². The van der Waals surface area contributed by atoms with E-state index in [1.807, 2.05) is 38.1 Å². The first-order valence-electron chi connectivity index (χ1n) is 8.03. The van der Waals surface area contributed by atoms with E-state index in [1.165, 1.54) is 0 Å². The van der Waals surface area contributed by atoms with Gasteiger partial charge in [0.05, 0.1) is 12.2 Å². The molecule has 2 rings (SSSR count). The summed E-state index contributed by atoms with van der Waals surface area (Å²) in [4.78, 5) is 17.2. The third kappa shape index (κ3) is 4.86. The minimum atomic E-state index is -0.350. The first kappa shape index (κ1) is 19.1. The van der Waals surface area contributed by atoms with Crippen molar-refractivity contribution in [1.82, 2.24) is 5.32 Å². The molecule has 24 heavy (non-hydrogen) atoms. The molecule has 1 aliphatic rings. The van der Waals surface area contributed by atoms with Gasteiger partial charge in [-0.3, -0.25) is 0 Å². The monoisotopic (exact) mass is 410 g/mol. The van der Waals surface area contributed by atoms with Crippen molar-refractivity contribution in [3.05, 3.63) is 45.6 Å². The maximum atomic E-state index is 12.4. The van der Waals surface area contributed by atoms with Crippen LogP contribution in [-0.4, -0.2) is 23.5 Å². The Bertz CT molecular complexity index is 671. The van der Waals surface area contributed by atoms with Crippen molar-refractivity contribution in [3.63, 3.8) is 0 Å². The van der Waals surface area contributed by atoms with Gasteiger partial charge in [-0.15, -0.1) is 0 Å². The Labute approximate surface area is 156 Å². The number of ether oxygens (including phenoxy) is 1. The molecule has 0 spiro atoms. The molecule has 0 unspecified atom stereocenters. The lowest BCUT2D eigenvalue weighted by Gasteiger charge is -2.26. The first-order chi connectivity index (χ1) is 11.4. The van der Waals surface area contributed by atoms with Gasteiger partial charge in [0.2, 0.25) is 0 Å². The molecule has 4 nitrogen and oxygen atoms in total. The molecular weight excluding hydrogens is 388 g/mol. The van der Waals surface area contributed by atoms with Crippen LogP contribution in [0.2, 0.25) is 0 Å². The zero-order chi connectivity index (χ0) is 17.7. The number of hydrogen-bond donors (Lipinski definition) is 1. The van der Waals surface area contributed by atoms with Crippen LogP contribution in [-0.2, 0) is 9.53 Å². The number of amidine groups is 1. The summed E-state index contributed by atoms with van der Waals surface area (Å²) in [5.41, 5.74) is 2.35. The molecule has 1 atom stereocenters. The Kier molecular flexibility index (Phi) is 6.92. The molecule has 0 radical (unpaired) electrons. The van der Waals surface area contributed by atoms with Gasteiger partial charge in [0.25, 0.3) is 0 Å².